The van der Waals surface area contributed by atoms with E-state index in [1.54, 1.807) is 19.3 Å². The number of hydrogen-bond donors (Lipinski definition) is 0. The minimum atomic E-state index is -0.151. The van der Waals surface area contributed by atoms with E-state index >= 15 is 0 Å². The van der Waals surface area contributed by atoms with Gasteiger partial charge >= 0.3 is 5.97 Å². The molecule has 27 heavy (non-hydrogen) atoms. The Morgan fingerprint density at radius 3 is 2.59 bits per heavy atom. The molecular formula is C19H28N4O4. The second-order valence-corrected chi connectivity index (χ2v) is 7.31. The molecule has 0 N–H and O–H groups in total. The summed E-state index contributed by atoms with van der Waals surface area (Å²) < 4.78 is 6.39. The molecule has 3 rings (SSSR count). The van der Waals surface area contributed by atoms with E-state index in [-0.39, 0.29) is 29.3 Å². The van der Waals surface area contributed by atoms with Gasteiger partial charge in [0.2, 0.25) is 5.91 Å². The largest absolute Gasteiger partial charge is 0.466 e. The number of esters is 1. The van der Waals surface area contributed by atoms with Crippen molar-refractivity contribution in [1.29, 1.82) is 0 Å². The fourth-order valence-corrected chi connectivity index (χ4v) is 3.90. The number of aromatic nitrogens is 2. The summed E-state index contributed by atoms with van der Waals surface area (Å²) in [6.07, 6.45) is 4.77. The molecule has 1 amide bonds. The Balaban J connectivity index is 1.58. The predicted octanol–water partition coefficient (Wildman–Crippen LogP) is 0.798. The van der Waals surface area contributed by atoms with Crippen molar-refractivity contribution in [3.63, 3.8) is 0 Å². The van der Waals surface area contributed by atoms with Crippen molar-refractivity contribution in [2.45, 2.75) is 32.6 Å². The number of piperidine rings is 2. The van der Waals surface area contributed by atoms with E-state index < -0.39 is 0 Å². The minimum absolute atomic E-state index is 0.0815. The van der Waals surface area contributed by atoms with E-state index in [0.29, 0.717) is 39.1 Å². The molecule has 0 spiro atoms. The van der Waals surface area contributed by atoms with Crippen LogP contribution in [0.1, 0.15) is 32.6 Å². The fraction of sp³-hybridized carbons (Fsp3) is 0.684. The number of aryl methyl sites for hydroxylation is 1. The van der Waals surface area contributed by atoms with Crippen LogP contribution in [0.25, 0.3) is 0 Å². The molecule has 0 bridgehead atoms. The third kappa shape index (κ3) is 4.48. The number of amides is 1. The van der Waals surface area contributed by atoms with E-state index in [2.05, 4.69) is 10.00 Å². The zero-order chi connectivity index (χ0) is 19.4. The highest BCUT2D eigenvalue weighted by molar-refractivity contribution is 5.80. The van der Waals surface area contributed by atoms with Crippen LogP contribution in [0.4, 0.5) is 5.69 Å². The molecule has 1 aromatic rings. The lowest BCUT2D eigenvalue weighted by atomic mass is 9.92. The number of ether oxygens (including phenoxy) is 1. The van der Waals surface area contributed by atoms with E-state index in [4.69, 9.17) is 4.74 Å². The first-order valence-electron chi connectivity index (χ1n) is 9.73. The summed E-state index contributed by atoms with van der Waals surface area (Å²) in [6.45, 7) is 4.84. The van der Waals surface area contributed by atoms with Gasteiger partial charge in [0.25, 0.3) is 5.56 Å². The normalized spacial score (nSPS) is 21.2. The fourth-order valence-electron chi connectivity index (χ4n) is 3.90. The van der Waals surface area contributed by atoms with Crippen LogP contribution in [0, 0.1) is 11.8 Å². The predicted molar refractivity (Wildman–Crippen MR) is 100 cm³/mol. The smallest absolute Gasteiger partial charge is 0.309 e. The summed E-state index contributed by atoms with van der Waals surface area (Å²) in [5, 5.41) is 4.08. The van der Waals surface area contributed by atoms with Crippen molar-refractivity contribution < 1.29 is 14.3 Å². The van der Waals surface area contributed by atoms with Crippen LogP contribution in [0.3, 0.4) is 0 Å². The molecule has 148 valence electrons. The number of nitrogens with zero attached hydrogens (tertiary/aromatic N) is 4. The van der Waals surface area contributed by atoms with E-state index in [1.165, 1.54) is 4.68 Å². The highest BCUT2D eigenvalue weighted by Gasteiger charge is 2.33. The third-order valence-electron chi connectivity index (χ3n) is 5.52. The maximum atomic E-state index is 13.0. The molecule has 1 atom stereocenters. The minimum Gasteiger partial charge on any atom is -0.466 e. The summed E-state index contributed by atoms with van der Waals surface area (Å²) in [6, 6.07) is 1.57. The van der Waals surface area contributed by atoms with Crippen molar-refractivity contribution in [2.75, 3.05) is 37.7 Å². The third-order valence-corrected chi connectivity index (χ3v) is 5.52. The van der Waals surface area contributed by atoms with Gasteiger partial charge in [-0.05, 0) is 32.6 Å². The summed E-state index contributed by atoms with van der Waals surface area (Å²) in [4.78, 5) is 40.6. The Hall–Kier alpha value is -2.38. The van der Waals surface area contributed by atoms with Gasteiger partial charge in [0.1, 0.15) is 0 Å². The Kier molecular flexibility index (Phi) is 6.13. The van der Waals surface area contributed by atoms with Gasteiger partial charge in [-0.25, -0.2) is 4.68 Å². The first kappa shape index (κ1) is 19.4. The highest BCUT2D eigenvalue weighted by atomic mass is 16.5. The Labute approximate surface area is 159 Å². The van der Waals surface area contributed by atoms with Crippen molar-refractivity contribution in [3.8, 4) is 0 Å². The van der Waals surface area contributed by atoms with Crippen molar-refractivity contribution in [3.05, 3.63) is 22.6 Å². The van der Waals surface area contributed by atoms with Gasteiger partial charge in [0.15, 0.2) is 0 Å². The summed E-state index contributed by atoms with van der Waals surface area (Å²) >= 11 is 0. The van der Waals surface area contributed by atoms with Crippen molar-refractivity contribution in [1.82, 2.24) is 14.7 Å². The molecule has 0 aliphatic carbocycles. The molecule has 1 aromatic heterocycles. The van der Waals surface area contributed by atoms with Crippen LogP contribution in [0.15, 0.2) is 17.1 Å². The molecule has 0 aromatic carbocycles. The molecule has 0 saturated carbocycles. The van der Waals surface area contributed by atoms with E-state index in [1.807, 2.05) is 11.8 Å². The number of likely N-dealkylation sites (tertiary alicyclic amines) is 1. The quantitative estimate of drug-likeness (QED) is 0.723. The lowest BCUT2D eigenvalue weighted by molar-refractivity contribution is -0.151. The zero-order valence-corrected chi connectivity index (χ0v) is 16.1. The molecule has 2 saturated heterocycles. The van der Waals surface area contributed by atoms with Crippen LogP contribution in [-0.4, -0.2) is 59.3 Å². The lowest BCUT2D eigenvalue weighted by Gasteiger charge is -2.38. The summed E-state index contributed by atoms with van der Waals surface area (Å²) in [7, 11) is 1.62. The second-order valence-electron chi connectivity index (χ2n) is 7.31. The number of rotatable bonds is 4. The SMILES string of the molecule is CCOC(=O)C1CCN(C(=O)[C@@H]2CCCN(c3cnn(C)c(=O)c3)C2)CC1. The average Bonchev–Trinajstić information content (AvgIpc) is 2.70. The zero-order valence-electron chi connectivity index (χ0n) is 16.1. The number of hydrogen-bond acceptors (Lipinski definition) is 6. The average molecular weight is 376 g/mol. The first-order chi connectivity index (χ1) is 13.0. The Morgan fingerprint density at radius 2 is 1.93 bits per heavy atom. The monoisotopic (exact) mass is 376 g/mol. The number of anilines is 1. The van der Waals surface area contributed by atoms with E-state index in [0.717, 1.165) is 25.1 Å². The van der Waals surface area contributed by atoms with Crippen molar-refractivity contribution >= 4 is 17.6 Å². The van der Waals surface area contributed by atoms with Gasteiger partial charge in [-0.3, -0.25) is 14.4 Å². The lowest BCUT2D eigenvalue weighted by Crippen LogP contribution is -2.48. The summed E-state index contributed by atoms with van der Waals surface area (Å²) in [5.74, 6) is -0.171. The summed E-state index contributed by atoms with van der Waals surface area (Å²) in [5.41, 5.74) is 0.624. The molecular weight excluding hydrogens is 348 g/mol. The van der Waals surface area contributed by atoms with Crippen LogP contribution in [0.5, 0.6) is 0 Å². The molecule has 8 heteroatoms. The standard InChI is InChI=1S/C19H28N4O4/c1-3-27-19(26)14-6-9-22(10-7-14)18(25)15-5-4-8-23(13-15)16-11-17(24)21(2)20-12-16/h11-12,14-15H,3-10,13H2,1-2H3/t15-/m1/s1. The highest BCUT2D eigenvalue weighted by Crippen LogP contribution is 2.26. The molecule has 3 heterocycles. The van der Waals surface area contributed by atoms with Gasteiger partial charge in [-0.2, -0.15) is 5.10 Å². The maximum absolute atomic E-state index is 13.0. The molecule has 0 radical (unpaired) electrons. The van der Waals surface area contributed by atoms with Gasteiger partial charge in [0.05, 0.1) is 30.3 Å². The van der Waals surface area contributed by atoms with Crippen LogP contribution in [0.2, 0.25) is 0 Å². The molecule has 2 aliphatic heterocycles. The maximum Gasteiger partial charge on any atom is 0.309 e. The molecule has 2 aliphatic rings. The molecule has 8 nitrogen and oxygen atoms in total. The van der Waals surface area contributed by atoms with Gasteiger partial charge < -0.3 is 14.5 Å². The van der Waals surface area contributed by atoms with Gasteiger partial charge in [-0.15, -0.1) is 0 Å². The first-order valence-corrected chi connectivity index (χ1v) is 9.73. The van der Waals surface area contributed by atoms with Crippen LogP contribution < -0.4 is 10.5 Å². The second kappa shape index (κ2) is 8.54. The number of carbonyl (C=O) groups excluding carboxylic acids is 2. The molecule has 0 unspecified atom stereocenters. The van der Waals surface area contributed by atoms with Crippen molar-refractivity contribution in [2.24, 2.45) is 18.9 Å². The topological polar surface area (TPSA) is 84.7 Å². The van der Waals surface area contributed by atoms with Crippen LogP contribution in [-0.2, 0) is 21.4 Å². The van der Waals surface area contributed by atoms with Gasteiger partial charge in [-0.1, -0.05) is 0 Å². The van der Waals surface area contributed by atoms with Gasteiger partial charge in [0, 0.05) is 39.3 Å². The van der Waals surface area contributed by atoms with E-state index in [9.17, 15) is 14.4 Å². The number of carbonyl (C=O) groups is 2. The van der Waals surface area contributed by atoms with Crippen LogP contribution >= 0.6 is 0 Å². The molecule has 2 fully saturated rings. The Morgan fingerprint density at radius 1 is 1.19 bits per heavy atom. The Bertz CT molecular complexity index is 739.